The second kappa shape index (κ2) is 5.86. The van der Waals surface area contributed by atoms with Gasteiger partial charge < -0.3 is 0 Å². The van der Waals surface area contributed by atoms with E-state index >= 15 is 0 Å². The van der Waals surface area contributed by atoms with Crippen LogP contribution in [0.25, 0.3) is 0 Å². The second-order valence-electron chi connectivity index (χ2n) is 3.60. The fourth-order valence-electron chi connectivity index (χ4n) is 1.71. The highest BCUT2D eigenvalue weighted by Crippen LogP contribution is 2.25. The van der Waals surface area contributed by atoms with E-state index < -0.39 is 6.04 Å². The minimum Gasteiger partial charge on any atom is -0.237 e. The first-order valence-corrected chi connectivity index (χ1v) is 5.30. The molecule has 0 amide bonds. The molecule has 84 valence electrons. The third-order valence-corrected chi connectivity index (χ3v) is 2.57. The molecule has 2 unspecified atom stereocenters. The predicted molar refractivity (Wildman–Crippen MR) is 62.2 cm³/mol. The van der Waals surface area contributed by atoms with Crippen LogP contribution in [0, 0.1) is 16.2 Å². The average Bonchev–Trinajstić information content (AvgIpc) is 2.36. The van der Waals surface area contributed by atoms with Gasteiger partial charge in [0.05, 0.1) is 17.4 Å². The first-order valence-electron chi connectivity index (χ1n) is 5.30. The molecule has 16 heavy (non-hydrogen) atoms. The maximum absolute atomic E-state index is 10.8. The Morgan fingerprint density at radius 3 is 2.50 bits per heavy atom. The lowest BCUT2D eigenvalue weighted by Crippen LogP contribution is -2.30. The van der Waals surface area contributed by atoms with Crippen LogP contribution in [0.3, 0.4) is 0 Å². The van der Waals surface area contributed by atoms with Crippen molar-refractivity contribution < 1.29 is 0 Å². The Morgan fingerprint density at radius 2 is 2.06 bits per heavy atom. The molecule has 0 saturated carbocycles. The lowest BCUT2D eigenvalue weighted by Gasteiger charge is -2.27. The highest BCUT2D eigenvalue weighted by Gasteiger charge is 2.23. The largest absolute Gasteiger partial charge is 0.237 e. The lowest BCUT2D eigenvalue weighted by molar-refractivity contribution is 0.172. The predicted octanol–water partition coefficient (Wildman–Crippen LogP) is 3.03. The van der Waals surface area contributed by atoms with Gasteiger partial charge in [-0.2, -0.15) is 5.26 Å². The van der Waals surface area contributed by atoms with Gasteiger partial charge >= 0.3 is 0 Å². The van der Waals surface area contributed by atoms with Crippen LogP contribution in [0.1, 0.15) is 31.9 Å². The van der Waals surface area contributed by atoms with E-state index in [1.165, 1.54) is 5.01 Å². The molecular formula is C12H15N3O. The number of hydrogen-bond donors (Lipinski definition) is 0. The molecule has 0 bridgehead atoms. The van der Waals surface area contributed by atoms with Crippen molar-refractivity contribution in [2.75, 3.05) is 0 Å². The standard InChI is InChI=1S/C12H15N3O/c1-3-12(11-7-5-4-6-8-11)15(14-16)10(2)9-13/h4-8,10,12H,3H2,1-2H3. The third kappa shape index (κ3) is 2.57. The van der Waals surface area contributed by atoms with Gasteiger partial charge in [0.15, 0.2) is 0 Å². The van der Waals surface area contributed by atoms with Gasteiger partial charge in [0.2, 0.25) is 0 Å². The maximum Gasteiger partial charge on any atom is 0.134 e. The molecule has 0 spiro atoms. The SMILES string of the molecule is CCC(c1ccccc1)N(N=O)C(C)C#N. The number of nitrogens with zero attached hydrogens (tertiary/aromatic N) is 3. The molecule has 0 aliphatic heterocycles. The Labute approximate surface area is 95.4 Å². The van der Waals surface area contributed by atoms with E-state index in [9.17, 15) is 4.91 Å². The Morgan fingerprint density at radius 1 is 1.44 bits per heavy atom. The van der Waals surface area contributed by atoms with Crippen molar-refractivity contribution in [1.82, 2.24) is 5.01 Å². The summed E-state index contributed by atoms with van der Waals surface area (Å²) < 4.78 is 0. The fraction of sp³-hybridized carbons (Fsp3) is 0.417. The van der Waals surface area contributed by atoms with Gasteiger partial charge in [-0.05, 0) is 18.9 Å². The molecule has 0 saturated heterocycles. The molecule has 1 aromatic rings. The van der Waals surface area contributed by atoms with E-state index in [0.717, 1.165) is 12.0 Å². The summed E-state index contributed by atoms with van der Waals surface area (Å²) in [6.07, 6.45) is 0.738. The minimum absolute atomic E-state index is 0.131. The van der Waals surface area contributed by atoms with Gasteiger partial charge in [0.1, 0.15) is 6.04 Å². The molecule has 1 rings (SSSR count). The fourth-order valence-corrected chi connectivity index (χ4v) is 1.71. The number of hydrogen-bond acceptors (Lipinski definition) is 3. The van der Waals surface area contributed by atoms with Crippen LogP contribution >= 0.6 is 0 Å². The van der Waals surface area contributed by atoms with Crippen molar-refractivity contribution in [3.63, 3.8) is 0 Å². The number of nitriles is 1. The number of benzene rings is 1. The zero-order valence-electron chi connectivity index (χ0n) is 9.50. The van der Waals surface area contributed by atoms with Crippen LogP contribution in [-0.4, -0.2) is 11.1 Å². The Balaban J connectivity index is 2.97. The zero-order valence-corrected chi connectivity index (χ0v) is 9.50. The van der Waals surface area contributed by atoms with Crippen LogP contribution in [-0.2, 0) is 0 Å². The van der Waals surface area contributed by atoms with Crippen molar-refractivity contribution in [1.29, 1.82) is 5.26 Å². The monoisotopic (exact) mass is 217 g/mol. The third-order valence-electron chi connectivity index (χ3n) is 2.57. The number of rotatable bonds is 5. The van der Waals surface area contributed by atoms with Crippen molar-refractivity contribution in [2.45, 2.75) is 32.4 Å². The van der Waals surface area contributed by atoms with Crippen LogP contribution < -0.4 is 0 Å². The first-order chi connectivity index (χ1) is 7.74. The summed E-state index contributed by atoms with van der Waals surface area (Å²) in [4.78, 5) is 10.8. The topological polar surface area (TPSA) is 56.5 Å². The normalized spacial score (nSPS) is 13.6. The smallest absolute Gasteiger partial charge is 0.134 e. The zero-order chi connectivity index (χ0) is 12.0. The molecule has 0 aliphatic carbocycles. The van der Waals surface area contributed by atoms with Gasteiger partial charge in [-0.3, -0.25) is 0 Å². The van der Waals surface area contributed by atoms with E-state index in [2.05, 4.69) is 5.29 Å². The summed E-state index contributed by atoms with van der Waals surface area (Å²) in [5.74, 6) is 0. The van der Waals surface area contributed by atoms with Gasteiger partial charge in [-0.25, -0.2) is 5.01 Å². The Kier molecular flexibility index (Phi) is 4.46. The Bertz CT molecular complexity index is 372. The van der Waals surface area contributed by atoms with E-state index in [1.54, 1.807) is 6.92 Å². The molecule has 1 aromatic carbocycles. The van der Waals surface area contributed by atoms with Crippen LogP contribution in [0.2, 0.25) is 0 Å². The van der Waals surface area contributed by atoms with Crippen LogP contribution in [0.4, 0.5) is 0 Å². The van der Waals surface area contributed by atoms with Gasteiger partial charge in [0.25, 0.3) is 0 Å². The minimum atomic E-state index is -0.511. The lowest BCUT2D eigenvalue weighted by atomic mass is 10.0. The summed E-state index contributed by atoms with van der Waals surface area (Å²) in [5, 5.41) is 13.1. The molecule has 4 nitrogen and oxygen atoms in total. The number of nitroso groups, excluding NO2 is 1. The molecule has 0 N–H and O–H groups in total. The molecule has 2 atom stereocenters. The summed E-state index contributed by atoms with van der Waals surface area (Å²) >= 11 is 0. The van der Waals surface area contributed by atoms with E-state index in [0.29, 0.717) is 0 Å². The first kappa shape index (κ1) is 12.2. The summed E-state index contributed by atoms with van der Waals surface area (Å²) in [6, 6.07) is 11.0. The van der Waals surface area contributed by atoms with Crippen molar-refractivity contribution >= 4 is 0 Å². The molecule has 0 fully saturated rings. The van der Waals surface area contributed by atoms with Crippen molar-refractivity contribution in [3.8, 4) is 6.07 Å². The molecule has 0 aromatic heterocycles. The van der Waals surface area contributed by atoms with Crippen molar-refractivity contribution in [3.05, 3.63) is 40.8 Å². The summed E-state index contributed by atoms with van der Waals surface area (Å²) in [7, 11) is 0. The highest BCUT2D eigenvalue weighted by molar-refractivity contribution is 5.19. The Hall–Kier alpha value is -1.89. The average molecular weight is 217 g/mol. The van der Waals surface area contributed by atoms with E-state index in [1.807, 2.05) is 43.3 Å². The second-order valence-corrected chi connectivity index (χ2v) is 3.60. The van der Waals surface area contributed by atoms with Gasteiger partial charge in [-0.15, -0.1) is 4.91 Å². The highest BCUT2D eigenvalue weighted by atomic mass is 16.3. The molecule has 0 heterocycles. The molecule has 4 heteroatoms. The summed E-state index contributed by atoms with van der Waals surface area (Å²) in [6.45, 7) is 3.65. The van der Waals surface area contributed by atoms with Crippen LogP contribution in [0.5, 0.6) is 0 Å². The van der Waals surface area contributed by atoms with E-state index in [4.69, 9.17) is 5.26 Å². The van der Waals surface area contributed by atoms with Gasteiger partial charge in [-0.1, -0.05) is 37.3 Å². The van der Waals surface area contributed by atoms with Gasteiger partial charge in [0, 0.05) is 0 Å². The maximum atomic E-state index is 10.8. The van der Waals surface area contributed by atoms with Crippen LogP contribution in [0.15, 0.2) is 35.6 Å². The molecular weight excluding hydrogens is 202 g/mol. The quantitative estimate of drug-likeness (QED) is 0.562. The summed E-state index contributed by atoms with van der Waals surface area (Å²) in [5.41, 5.74) is 1.01. The van der Waals surface area contributed by atoms with E-state index in [-0.39, 0.29) is 6.04 Å². The van der Waals surface area contributed by atoms with Crippen molar-refractivity contribution in [2.24, 2.45) is 5.29 Å². The molecule has 0 radical (unpaired) electrons. The molecule has 0 aliphatic rings.